The van der Waals surface area contributed by atoms with Gasteiger partial charge in [0.25, 0.3) is 0 Å². The largest absolute Gasteiger partial charge is 0.368 e. The van der Waals surface area contributed by atoms with E-state index in [1.54, 1.807) is 6.20 Å². The minimum Gasteiger partial charge on any atom is -0.368 e. The van der Waals surface area contributed by atoms with E-state index in [2.05, 4.69) is 29.1 Å². The summed E-state index contributed by atoms with van der Waals surface area (Å²) in [5.41, 5.74) is 6.69. The molecule has 0 aliphatic heterocycles. The van der Waals surface area contributed by atoms with Gasteiger partial charge in [0.15, 0.2) is 0 Å². The predicted molar refractivity (Wildman–Crippen MR) is 70.8 cm³/mol. The van der Waals surface area contributed by atoms with E-state index >= 15 is 0 Å². The zero-order valence-electron chi connectivity index (χ0n) is 10.9. The Morgan fingerprint density at radius 1 is 1.47 bits per heavy atom. The number of aryl methyl sites for hydroxylation is 1. The normalized spacial score (nSPS) is 28.3. The molecule has 3 atom stereocenters. The first-order valence-corrected chi connectivity index (χ1v) is 6.47. The van der Waals surface area contributed by atoms with Gasteiger partial charge in [-0.15, -0.1) is 0 Å². The van der Waals surface area contributed by atoms with Gasteiger partial charge in [0.05, 0.1) is 0 Å². The topological polar surface area (TPSA) is 63.8 Å². The second-order valence-corrected chi connectivity index (χ2v) is 5.12. The lowest BCUT2D eigenvalue weighted by Crippen LogP contribution is -2.25. The first-order chi connectivity index (χ1) is 8.11. The van der Waals surface area contributed by atoms with Crippen molar-refractivity contribution < 1.29 is 0 Å². The van der Waals surface area contributed by atoms with Crippen molar-refractivity contribution in [2.45, 2.75) is 46.1 Å². The summed E-state index contributed by atoms with van der Waals surface area (Å²) in [4.78, 5) is 8.27. The Bertz CT molecular complexity index is 391. The molecule has 2 rings (SSSR count). The highest BCUT2D eigenvalue weighted by Crippen LogP contribution is 2.35. The van der Waals surface area contributed by atoms with Crippen LogP contribution in [0.4, 0.5) is 11.8 Å². The summed E-state index contributed by atoms with van der Waals surface area (Å²) in [6.07, 6.45) is 5.59. The third kappa shape index (κ3) is 2.51. The van der Waals surface area contributed by atoms with Crippen LogP contribution in [0.3, 0.4) is 0 Å². The molecule has 0 saturated heterocycles. The summed E-state index contributed by atoms with van der Waals surface area (Å²) in [5.74, 6) is 2.78. The van der Waals surface area contributed by atoms with Crippen LogP contribution in [0, 0.1) is 18.8 Å². The van der Waals surface area contributed by atoms with Crippen LogP contribution < -0.4 is 11.1 Å². The monoisotopic (exact) mass is 234 g/mol. The third-order valence-electron chi connectivity index (χ3n) is 4.06. The molecule has 1 saturated carbocycles. The van der Waals surface area contributed by atoms with Crippen LogP contribution in [0.2, 0.25) is 0 Å². The average molecular weight is 234 g/mol. The lowest BCUT2D eigenvalue weighted by Gasteiger charge is -2.22. The summed E-state index contributed by atoms with van der Waals surface area (Å²) < 4.78 is 0. The molecule has 4 heteroatoms. The molecule has 0 aromatic carbocycles. The number of aromatic nitrogens is 2. The van der Waals surface area contributed by atoms with E-state index in [1.165, 1.54) is 19.3 Å². The highest BCUT2D eigenvalue weighted by atomic mass is 15.1. The molecule has 1 fully saturated rings. The molecular formula is C13H22N4. The number of nitrogens with zero attached hydrogens (tertiary/aromatic N) is 2. The molecule has 1 heterocycles. The molecule has 1 aliphatic carbocycles. The van der Waals surface area contributed by atoms with Crippen molar-refractivity contribution in [3.63, 3.8) is 0 Å². The summed E-state index contributed by atoms with van der Waals surface area (Å²) in [5, 5.41) is 3.53. The van der Waals surface area contributed by atoms with Crippen molar-refractivity contribution in [2.24, 2.45) is 11.8 Å². The van der Waals surface area contributed by atoms with Crippen LogP contribution in [0.1, 0.15) is 38.7 Å². The highest BCUT2D eigenvalue weighted by Gasteiger charge is 2.31. The second kappa shape index (κ2) is 4.90. The summed E-state index contributed by atoms with van der Waals surface area (Å²) in [6, 6.07) is 0.521. The molecule has 1 aromatic rings. The van der Waals surface area contributed by atoms with E-state index in [9.17, 15) is 0 Å². The molecule has 0 bridgehead atoms. The maximum atomic E-state index is 5.63. The predicted octanol–water partition coefficient (Wildman–Crippen LogP) is 2.60. The van der Waals surface area contributed by atoms with Crippen LogP contribution in [-0.2, 0) is 0 Å². The van der Waals surface area contributed by atoms with E-state index in [0.29, 0.717) is 17.9 Å². The van der Waals surface area contributed by atoms with Gasteiger partial charge in [0, 0.05) is 17.8 Å². The Morgan fingerprint density at radius 2 is 2.24 bits per heavy atom. The van der Waals surface area contributed by atoms with Gasteiger partial charge in [-0.3, -0.25) is 0 Å². The standard InChI is InChI=1S/C13H22N4/c1-4-10-5-6-11(9(10)3)16-12-8(2)7-15-13(14)17-12/h7,9-11H,4-6H2,1-3H3,(H3,14,15,16,17). The van der Waals surface area contributed by atoms with Gasteiger partial charge in [-0.2, -0.15) is 4.98 Å². The molecule has 17 heavy (non-hydrogen) atoms. The van der Waals surface area contributed by atoms with Crippen LogP contribution in [0.25, 0.3) is 0 Å². The average Bonchev–Trinajstić information content (AvgIpc) is 2.65. The first-order valence-electron chi connectivity index (χ1n) is 6.47. The maximum Gasteiger partial charge on any atom is 0.221 e. The van der Waals surface area contributed by atoms with Crippen LogP contribution in [-0.4, -0.2) is 16.0 Å². The minimum absolute atomic E-state index is 0.343. The number of nitrogen functional groups attached to an aromatic ring is 1. The Morgan fingerprint density at radius 3 is 2.88 bits per heavy atom. The quantitative estimate of drug-likeness (QED) is 0.843. The van der Waals surface area contributed by atoms with E-state index in [-0.39, 0.29) is 0 Å². The molecule has 1 aromatic heterocycles. The smallest absolute Gasteiger partial charge is 0.221 e. The summed E-state index contributed by atoms with van der Waals surface area (Å²) in [6.45, 7) is 6.62. The Kier molecular flexibility index (Phi) is 3.50. The molecule has 0 radical (unpaired) electrons. The number of hydrogen-bond acceptors (Lipinski definition) is 4. The fourth-order valence-electron chi connectivity index (χ4n) is 2.80. The highest BCUT2D eigenvalue weighted by molar-refractivity contribution is 5.46. The van der Waals surface area contributed by atoms with Crippen molar-refractivity contribution in [3.05, 3.63) is 11.8 Å². The number of anilines is 2. The zero-order valence-corrected chi connectivity index (χ0v) is 10.9. The number of rotatable bonds is 3. The lowest BCUT2D eigenvalue weighted by atomic mass is 9.93. The van der Waals surface area contributed by atoms with Gasteiger partial charge in [-0.05, 0) is 31.6 Å². The molecule has 0 amide bonds. The second-order valence-electron chi connectivity index (χ2n) is 5.12. The van der Waals surface area contributed by atoms with E-state index in [0.717, 1.165) is 17.3 Å². The van der Waals surface area contributed by atoms with Crippen LogP contribution >= 0.6 is 0 Å². The molecular weight excluding hydrogens is 212 g/mol. The van der Waals surface area contributed by atoms with Crippen LogP contribution in [0.15, 0.2) is 6.20 Å². The molecule has 4 nitrogen and oxygen atoms in total. The molecule has 3 N–H and O–H groups in total. The molecule has 1 aliphatic rings. The fraction of sp³-hybridized carbons (Fsp3) is 0.692. The minimum atomic E-state index is 0.343. The Hall–Kier alpha value is -1.32. The van der Waals surface area contributed by atoms with Gasteiger partial charge in [0.2, 0.25) is 5.95 Å². The van der Waals surface area contributed by atoms with Crippen molar-refractivity contribution in [1.29, 1.82) is 0 Å². The number of nitrogens with two attached hydrogens (primary N) is 1. The first kappa shape index (κ1) is 12.1. The van der Waals surface area contributed by atoms with Gasteiger partial charge in [-0.25, -0.2) is 4.98 Å². The van der Waals surface area contributed by atoms with Gasteiger partial charge >= 0.3 is 0 Å². The van der Waals surface area contributed by atoms with E-state index in [1.807, 2.05) is 6.92 Å². The number of nitrogens with one attached hydrogen (secondary N) is 1. The fourth-order valence-corrected chi connectivity index (χ4v) is 2.80. The van der Waals surface area contributed by atoms with Gasteiger partial charge < -0.3 is 11.1 Å². The van der Waals surface area contributed by atoms with Crippen molar-refractivity contribution in [3.8, 4) is 0 Å². The lowest BCUT2D eigenvalue weighted by molar-refractivity contribution is 0.391. The Balaban J connectivity index is 2.09. The summed E-state index contributed by atoms with van der Waals surface area (Å²) >= 11 is 0. The van der Waals surface area contributed by atoms with Crippen molar-refractivity contribution in [2.75, 3.05) is 11.1 Å². The van der Waals surface area contributed by atoms with E-state index < -0.39 is 0 Å². The van der Waals surface area contributed by atoms with Gasteiger partial charge in [0.1, 0.15) is 5.82 Å². The van der Waals surface area contributed by atoms with Crippen LogP contribution in [0.5, 0.6) is 0 Å². The molecule has 94 valence electrons. The van der Waals surface area contributed by atoms with Gasteiger partial charge in [-0.1, -0.05) is 20.3 Å². The molecule has 0 spiro atoms. The zero-order chi connectivity index (χ0) is 12.4. The maximum absolute atomic E-state index is 5.63. The van der Waals surface area contributed by atoms with Crippen molar-refractivity contribution in [1.82, 2.24) is 9.97 Å². The Labute approximate surface area is 103 Å². The SMILES string of the molecule is CCC1CCC(Nc2nc(N)ncc2C)C1C. The molecule has 3 unspecified atom stereocenters. The van der Waals surface area contributed by atoms with E-state index in [4.69, 9.17) is 5.73 Å². The number of hydrogen-bond donors (Lipinski definition) is 2. The van der Waals surface area contributed by atoms with Crippen molar-refractivity contribution >= 4 is 11.8 Å². The third-order valence-corrected chi connectivity index (χ3v) is 4.06. The summed E-state index contributed by atoms with van der Waals surface area (Å²) in [7, 11) is 0.